The highest BCUT2D eigenvalue weighted by atomic mass is 32.2. The molecule has 3 unspecified atom stereocenters. The first-order valence-corrected chi connectivity index (χ1v) is 7.79. The minimum Gasteiger partial charge on any atom is -0.479 e. The lowest BCUT2D eigenvalue weighted by atomic mass is 9.99. The Morgan fingerprint density at radius 1 is 1.42 bits per heavy atom. The molecule has 2 fully saturated rings. The van der Waals surface area contributed by atoms with Crippen molar-refractivity contribution in [3.63, 3.8) is 0 Å². The summed E-state index contributed by atoms with van der Waals surface area (Å²) in [4.78, 5) is 23.3. The van der Waals surface area contributed by atoms with Gasteiger partial charge < -0.3 is 20.5 Å². The first kappa shape index (κ1) is 14.5. The summed E-state index contributed by atoms with van der Waals surface area (Å²) in [5.41, 5.74) is -1.27. The summed E-state index contributed by atoms with van der Waals surface area (Å²) < 4.78 is 5.11. The van der Waals surface area contributed by atoms with Crippen LogP contribution in [0, 0.1) is 0 Å². The molecule has 1 saturated carbocycles. The van der Waals surface area contributed by atoms with Gasteiger partial charge in [0.05, 0.1) is 6.61 Å². The first-order valence-electron chi connectivity index (χ1n) is 6.50. The van der Waals surface area contributed by atoms with Crippen molar-refractivity contribution in [2.75, 3.05) is 19.5 Å². The molecule has 1 heterocycles. The number of amides is 2. The minimum absolute atomic E-state index is 0.0341. The monoisotopic (exact) mass is 288 g/mol. The lowest BCUT2D eigenvalue weighted by Gasteiger charge is -2.26. The summed E-state index contributed by atoms with van der Waals surface area (Å²) in [6, 6.07) is -0.276. The van der Waals surface area contributed by atoms with Crippen LogP contribution in [0.15, 0.2) is 0 Å². The Bertz CT molecular complexity index is 358. The molecule has 3 atom stereocenters. The minimum atomic E-state index is -1.27. The van der Waals surface area contributed by atoms with Gasteiger partial charge in [-0.2, -0.15) is 11.8 Å². The van der Waals surface area contributed by atoms with E-state index in [1.54, 1.807) is 11.8 Å². The van der Waals surface area contributed by atoms with Gasteiger partial charge in [-0.05, 0) is 19.1 Å². The van der Waals surface area contributed by atoms with Gasteiger partial charge in [0.1, 0.15) is 0 Å². The van der Waals surface area contributed by atoms with Crippen molar-refractivity contribution in [3.05, 3.63) is 0 Å². The van der Waals surface area contributed by atoms with Gasteiger partial charge in [-0.15, -0.1) is 0 Å². The number of aliphatic carboxylic acids is 1. The van der Waals surface area contributed by atoms with E-state index in [2.05, 4.69) is 10.6 Å². The Labute approximate surface area is 116 Å². The molecule has 0 aromatic rings. The summed E-state index contributed by atoms with van der Waals surface area (Å²) >= 11 is 1.75. The standard InChI is InChI=1S/C12H20N2O4S/c1-19-9-4-2-3-8(9)13-11(17)14-12(10(15)16)5-6-18-7-12/h8-9H,2-7H2,1H3,(H,15,16)(H2,13,14,17). The van der Waals surface area contributed by atoms with E-state index in [0.29, 0.717) is 18.3 Å². The smallest absolute Gasteiger partial charge is 0.332 e. The predicted octanol–water partition coefficient (Wildman–Crippen LogP) is 0.813. The molecular formula is C12H20N2O4S. The maximum Gasteiger partial charge on any atom is 0.332 e. The average Bonchev–Trinajstić information content (AvgIpc) is 2.98. The van der Waals surface area contributed by atoms with Gasteiger partial charge in [0, 0.05) is 24.3 Å². The molecule has 7 heteroatoms. The van der Waals surface area contributed by atoms with E-state index in [-0.39, 0.29) is 12.6 Å². The maximum atomic E-state index is 12.0. The van der Waals surface area contributed by atoms with Crippen molar-refractivity contribution in [1.82, 2.24) is 10.6 Å². The number of nitrogens with one attached hydrogen (secondary N) is 2. The molecule has 0 bridgehead atoms. The average molecular weight is 288 g/mol. The number of hydrogen-bond acceptors (Lipinski definition) is 4. The van der Waals surface area contributed by atoms with Gasteiger partial charge in [-0.25, -0.2) is 9.59 Å². The van der Waals surface area contributed by atoms with Crippen LogP contribution in [0.25, 0.3) is 0 Å². The van der Waals surface area contributed by atoms with Crippen molar-refractivity contribution in [2.45, 2.75) is 42.5 Å². The van der Waals surface area contributed by atoms with Crippen LogP contribution in [0.3, 0.4) is 0 Å². The van der Waals surface area contributed by atoms with E-state index in [4.69, 9.17) is 4.74 Å². The van der Waals surface area contributed by atoms with Crippen LogP contribution in [0.5, 0.6) is 0 Å². The zero-order chi connectivity index (χ0) is 13.9. The van der Waals surface area contributed by atoms with Crippen LogP contribution in [0.2, 0.25) is 0 Å². The number of carbonyl (C=O) groups excluding carboxylic acids is 1. The van der Waals surface area contributed by atoms with Gasteiger partial charge in [-0.3, -0.25) is 0 Å². The van der Waals surface area contributed by atoms with E-state index in [1.165, 1.54) is 0 Å². The molecule has 0 spiro atoms. The lowest BCUT2D eigenvalue weighted by Crippen LogP contribution is -2.59. The summed E-state index contributed by atoms with van der Waals surface area (Å²) in [5, 5.41) is 15.1. The number of carbonyl (C=O) groups is 2. The van der Waals surface area contributed by atoms with Crippen LogP contribution >= 0.6 is 11.8 Å². The number of urea groups is 1. The molecule has 1 aliphatic heterocycles. The Balaban J connectivity index is 1.91. The summed E-state index contributed by atoms with van der Waals surface area (Å²) in [5.74, 6) is -1.03. The Morgan fingerprint density at radius 2 is 2.21 bits per heavy atom. The van der Waals surface area contributed by atoms with Crippen molar-refractivity contribution in [2.24, 2.45) is 0 Å². The summed E-state index contributed by atoms with van der Waals surface area (Å²) in [6.07, 6.45) is 5.50. The number of rotatable bonds is 4. The predicted molar refractivity (Wildman–Crippen MR) is 72.4 cm³/mol. The fourth-order valence-corrected chi connectivity index (χ4v) is 3.62. The number of thioether (sulfide) groups is 1. The SMILES string of the molecule is CSC1CCCC1NC(=O)NC1(C(=O)O)CCOC1. The maximum absolute atomic E-state index is 12.0. The topological polar surface area (TPSA) is 87.7 Å². The van der Waals surface area contributed by atoms with Crippen LogP contribution in [-0.2, 0) is 9.53 Å². The Kier molecular flexibility index (Phi) is 4.57. The zero-order valence-electron chi connectivity index (χ0n) is 11.0. The van der Waals surface area contributed by atoms with Crippen LogP contribution < -0.4 is 10.6 Å². The van der Waals surface area contributed by atoms with E-state index < -0.39 is 17.5 Å². The Hall–Kier alpha value is -0.950. The Morgan fingerprint density at radius 3 is 2.79 bits per heavy atom. The molecule has 0 aromatic carbocycles. The second-order valence-electron chi connectivity index (χ2n) is 5.10. The quantitative estimate of drug-likeness (QED) is 0.712. The highest BCUT2D eigenvalue weighted by Gasteiger charge is 2.44. The highest BCUT2D eigenvalue weighted by molar-refractivity contribution is 7.99. The molecule has 0 radical (unpaired) electrons. The van der Waals surface area contributed by atoms with Crippen molar-refractivity contribution < 1.29 is 19.4 Å². The number of ether oxygens (including phenoxy) is 1. The zero-order valence-corrected chi connectivity index (χ0v) is 11.8. The fourth-order valence-electron chi connectivity index (χ4n) is 2.68. The molecule has 1 saturated heterocycles. The van der Waals surface area contributed by atoms with Crippen molar-refractivity contribution >= 4 is 23.8 Å². The third-order valence-electron chi connectivity index (χ3n) is 3.86. The van der Waals surface area contributed by atoms with Crippen LogP contribution in [0.1, 0.15) is 25.7 Å². The largest absolute Gasteiger partial charge is 0.479 e. The lowest BCUT2D eigenvalue weighted by molar-refractivity contribution is -0.144. The van der Waals surface area contributed by atoms with Gasteiger partial charge in [0.2, 0.25) is 0 Å². The second kappa shape index (κ2) is 6.00. The number of hydrogen-bond donors (Lipinski definition) is 3. The van der Waals surface area contributed by atoms with Crippen molar-refractivity contribution in [3.8, 4) is 0 Å². The molecule has 2 aliphatic rings. The summed E-state index contributed by atoms with van der Waals surface area (Å²) in [7, 11) is 0. The molecule has 6 nitrogen and oxygen atoms in total. The molecular weight excluding hydrogens is 268 g/mol. The second-order valence-corrected chi connectivity index (χ2v) is 6.18. The first-order chi connectivity index (χ1) is 9.07. The number of carboxylic acid groups (broad SMARTS) is 1. The molecule has 3 N–H and O–H groups in total. The van der Waals surface area contributed by atoms with Gasteiger partial charge >= 0.3 is 12.0 Å². The highest BCUT2D eigenvalue weighted by Crippen LogP contribution is 2.28. The van der Waals surface area contributed by atoms with Crippen LogP contribution in [0.4, 0.5) is 4.79 Å². The van der Waals surface area contributed by atoms with E-state index in [9.17, 15) is 14.7 Å². The van der Waals surface area contributed by atoms with Gasteiger partial charge in [0.25, 0.3) is 0 Å². The third kappa shape index (κ3) is 3.14. The molecule has 2 amide bonds. The molecule has 0 aromatic heterocycles. The van der Waals surface area contributed by atoms with Gasteiger partial charge in [-0.1, -0.05) is 6.42 Å². The molecule has 2 rings (SSSR count). The number of carboxylic acids is 1. The van der Waals surface area contributed by atoms with Crippen molar-refractivity contribution in [1.29, 1.82) is 0 Å². The molecule has 1 aliphatic carbocycles. The molecule has 19 heavy (non-hydrogen) atoms. The third-order valence-corrected chi connectivity index (χ3v) is 5.03. The van der Waals surface area contributed by atoms with E-state index >= 15 is 0 Å². The normalized spacial score (nSPS) is 34.2. The van der Waals surface area contributed by atoms with Crippen LogP contribution in [-0.4, -0.2) is 53.4 Å². The van der Waals surface area contributed by atoms with E-state index in [0.717, 1.165) is 19.3 Å². The fraction of sp³-hybridized carbons (Fsp3) is 0.833. The molecule has 108 valence electrons. The van der Waals surface area contributed by atoms with E-state index in [1.807, 2.05) is 6.26 Å². The summed E-state index contributed by atoms with van der Waals surface area (Å²) in [6.45, 7) is 0.399. The van der Waals surface area contributed by atoms with Gasteiger partial charge in [0.15, 0.2) is 5.54 Å².